The lowest BCUT2D eigenvalue weighted by Crippen LogP contribution is -1.88. The third kappa shape index (κ3) is 1.90. The monoisotopic (exact) mass is 190 g/mol. The van der Waals surface area contributed by atoms with Crippen molar-refractivity contribution >= 4 is 0 Å². The lowest BCUT2D eigenvalue weighted by molar-refractivity contribution is 0.384. The summed E-state index contributed by atoms with van der Waals surface area (Å²) in [6, 6.07) is 7.77. The fourth-order valence-electron chi connectivity index (χ4n) is 1.19. The number of hydrogen-bond acceptors (Lipinski definition) is 4. The first-order chi connectivity index (χ1) is 6.88. The summed E-state index contributed by atoms with van der Waals surface area (Å²) in [5.41, 5.74) is 1.12. The SMILES string of the molecule is COc1ccc(Cc2ncno2)cc1. The van der Waals surface area contributed by atoms with Crippen molar-refractivity contribution in [3.8, 4) is 5.75 Å². The van der Waals surface area contributed by atoms with Gasteiger partial charge in [0.25, 0.3) is 0 Å². The summed E-state index contributed by atoms with van der Waals surface area (Å²) >= 11 is 0. The molecule has 4 nitrogen and oxygen atoms in total. The van der Waals surface area contributed by atoms with Crippen LogP contribution in [-0.4, -0.2) is 17.3 Å². The molecule has 0 aliphatic heterocycles. The van der Waals surface area contributed by atoms with Crippen LogP contribution in [0.5, 0.6) is 5.75 Å². The second kappa shape index (κ2) is 3.91. The Balaban J connectivity index is 2.10. The third-order valence-electron chi connectivity index (χ3n) is 1.92. The summed E-state index contributed by atoms with van der Waals surface area (Å²) in [5.74, 6) is 1.47. The molecule has 0 N–H and O–H groups in total. The summed E-state index contributed by atoms with van der Waals surface area (Å²) in [7, 11) is 1.65. The first-order valence-electron chi connectivity index (χ1n) is 4.27. The smallest absolute Gasteiger partial charge is 0.230 e. The molecule has 4 heteroatoms. The van der Waals surface area contributed by atoms with Crippen LogP contribution >= 0.6 is 0 Å². The third-order valence-corrected chi connectivity index (χ3v) is 1.92. The highest BCUT2D eigenvalue weighted by Crippen LogP contribution is 2.13. The van der Waals surface area contributed by atoms with Crippen molar-refractivity contribution in [1.82, 2.24) is 10.1 Å². The quantitative estimate of drug-likeness (QED) is 0.738. The molecule has 1 aromatic heterocycles. The molecule has 2 rings (SSSR count). The minimum Gasteiger partial charge on any atom is -0.497 e. The summed E-state index contributed by atoms with van der Waals surface area (Å²) in [4.78, 5) is 3.95. The Labute approximate surface area is 81.5 Å². The van der Waals surface area contributed by atoms with Gasteiger partial charge in [0.15, 0.2) is 6.33 Å². The highest BCUT2D eigenvalue weighted by molar-refractivity contribution is 5.28. The van der Waals surface area contributed by atoms with E-state index >= 15 is 0 Å². The molecule has 0 unspecified atom stereocenters. The van der Waals surface area contributed by atoms with Gasteiger partial charge in [-0.1, -0.05) is 17.3 Å². The van der Waals surface area contributed by atoms with E-state index in [-0.39, 0.29) is 0 Å². The molecule has 1 heterocycles. The lowest BCUT2D eigenvalue weighted by Gasteiger charge is -2.00. The minimum absolute atomic E-state index is 0.621. The molecule has 14 heavy (non-hydrogen) atoms. The topological polar surface area (TPSA) is 48.2 Å². The van der Waals surface area contributed by atoms with Gasteiger partial charge in [-0.05, 0) is 17.7 Å². The fourth-order valence-corrected chi connectivity index (χ4v) is 1.19. The number of benzene rings is 1. The van der Waals surface area contributed by atoms with E-state index in [1.165, 1.54) is 6.33 Å². The van der Waals surface area contributed by atoms with Gasteiger partial charge in [-0.25, -0.2) is 0 Å². The molecule has 1 aromatic carbocycles. The van der Waals surface area contributed by atoms with Crippen LogP contribution in [0.25, 0.3) is 0 Å². The van der Waals surface area contributed by atoms with E-state index in [9.17, 15) is 0 Å². The Bertz CT molecular complexity index is 381. The molecule has 0 fully saturated rings. The van der Waals surface area contributed by atoms with Gasteiger partial charge in [0.05, 0.1) is 13.5 Å². The van der Waals surface area contributed by atoms with E-state index in [0.717, 1.165) is 11.3 Å². The minimum atomic E-state index is 0.621. The molecule has 0 saturated heterocycles. The lowest BCUT2D eigenvalue weighted by atomic mass is 10.1. The van der Waals surface area contributed by atoms with Crippen molar-refractivity contribution in [2.24, 2.45) is 0 Å². The highest BCUT2D eigenvalue weighted by atomic mass is 16.5. The molecule has 0 bridgehead atoms. The van der Waals surface area contributed by atoms with Gasteiger partial charge in [0, 0.05) is 0 Å². The van der Waals surface area contributed by atoms with E-state index in [2.05, 4.69) is 10.1 Å². The van der Waals surface area contributed by atoms with Crippen molar-refractivity contribution in [1.29, 1.82) is 0 Å². The maximum absolute atomic E-state index is 5.05. The van der Waals surface area contributed by atoms with Crippen LogP contribution in [0.4, 0.5) is 0 Å². The van der Waals surface area contributed by atoms with Gasteiger partial charge in [0.1, 0.15) is 5.75 Å². The molecule has 0 radical (unpaired) electrons. The summed E-state index contributed by atoms with van der Waals surface area (Å²) in [5, 5.41) is 3.54. The molecular formula is C10H10N2O2. The van der Waals surface area contributed by atoms with Crippen LogP contribution in [0, 0.1) is 0 Å². The predicted octanol–water partition coefficient (Wildman–Crippen LogP) is 1.67. The van der Waals surface area contributed by atoms with Crippen LogP contribution in [0.1, 0.15) is 11.5 Å². The number of nitrogens with zero attached hydrogens (tertiary/aromatic N) is 2. The van der Waals surface area contributed by atoms with Gasteiger partial charge in [0.2, 0.25) is 5.89 Å². The molecule has 2 aromatic rings. The van der Waals surface area contributed by atoms with Crippen molar-refractivity contribution in [3.05, 3.63) is 42.0 Å². The molecule has 0 atom stereocenters. The highest BCUT2D eigenvalue weighted by Gasteiger charge is 2.01. The molecule has 72 valence electrons. The van der Waals surface area contributed by atoms with E-state index in [4.69, 9.17) is 9.26 Å². The van der Waals surface area contributed by atoms with Crippen LogP contribution < -0.4 is 4.74 Å². The number of ether oxygens (including phenoxy) is 1. The molecule has 0 spiro atoms. The first-order valence-corrected chi connectivity index (χ1v) is 4.27. The number of rotatable bonds is 3. The average molecular weight is 190 g/mol. The largest absolute Gasteiger partial charge is 0.497 e. The molecule has 0 aliphatic rings. The van der Waals surface area contributed by atoms with Crippen molar-refractivity contribution in [2.75, 3.05) is 7.11 Å². The number of methoxy groups -OCH3 is 1. The Morgan fingerprint density at radius 1 is 1.29 bits per heavy atom. The second-order valence-electron chi connectivity index (χ2n) is 2.86. The zero-order chi connectivity index (χ0) is 9.80. The predicted molar refractivity (Wildman–Crippen MR) is 50.1 cm³/mol. The zero-order valence-electron chi connectivity index (χ0n) is 7.80. The number of hydrogen-bond donors (Lipinski definition) is 0. The van der Waals surface area contributed by atoms with Gasteiger partial charge >= 0.3 is 0 Å². The Kier molecular flexibility index (Phi) is 2.44. The standard InChI is InChI=1S/C10H10N2O2/c1-13-9-4-2-8(3-5-9)6-10-11-7-12-14-10/h2-5,7H,6H2,1H3. The fraction of sp³-hybridized carbons (Fsp3) is 0.200. The number of aromatic nitrogens is 2. The van der Waals surface area contributed by atoms with Gasteiger partial charge < -0.3 is 9.26 Å². The summed E-state index contributed by atoms with van der Waals surface area (Å²) in [6.07, 6.45) is 2.06. The Morgan fingerprint density at radius 2 is 2.07 bits per heavy atom. The molecule has 0 saturated carbocycles. The van der Waals surface area contributed by atoms with Gasteiger partial charge in [-0.15, -0.1) is 0 Å². The normalized spacial score (nSPS) is 10.1. The van der Waals surface area contributed by atoms with Crippen molar-refractivity contribution in [2.45, 2.75) is 6.42 Å². The van der Waals surface area contributed by atoms with Crippen LogP contribution in [0.3, 0.4) is 0 Å². The Morgan fingerprint density at radius 3 is 2.64 bits per heavy atom. The van der Waals surface area contributed by atoms with Crippen LogP contribution in [-0.2, 0) is 6.42 Å². The van der Waals surface area contributed by atoms with Gasteiger partial charge in [-0.2, -0.15) is 4.98 Å². The van der Waals surface area contributed by atoms with E-state index < -0.39 is 0 Å². The maximum atomic E-state index is 5.05. The van der Waals surface area contributed by atoms with E-state index in [1.54, 1.807) is 7.11 Å². The summed E-state index contributed by atoms with van der Waals surface area (Å²) < 4.78 is 9.95. The average Bonchev–Trinajstić information content (AvgIpc) is 2.72. The van der Waals surface area contributed by atoms with Crippen molar-refractivity contribution < 1.29 is 9.26 Å². The van der Waals surface area contributed by atoms with E-state index in [1.807, 2.05) is 24.3 Å². The summed E-state index contributed by atoms with van der Waals surface area (Å²) in [6.45, 7) is 0. The maximum Gasteiger partial charge on any atom is 0.230 e. The molecule has 0 aliphatic carbocycles. The zero-order valence-corrected chi connectivity index (χ0v) is 7.80. The molecular weight excluding hydrogens is 180 g/mol. The first kappa shape index (κ1) is 8.74. The van der Waals surface area contributed by atoms with Crippen molar-refractivity contribution in [3.63, 3.8) is 0 Å². The second-order valence-corrected chi connectivity index (χ2v) is 2.86. The van der Waals surface area contributed by atoms with Gasteiger partial charge in [-0.3, -0.25) is 0 Å². The molecule has 0 amide bonds. The van der Waals surface area contributed by atoms with Crippen LogP contribution in [0.2, 0.25) is 0 Å². The van der Waals surface area contributed by atoms with Crippen LogP contribution in [0.15, 0.2) is 35.1 Å². The Hall–Kier alpha value is -1.84. The van der Waals surface area contributed by atoms with E-state index in [0.29, 0.717) is 12.3 Å².